The van der Waals surface area contributed by atoms with Crippen LogP contribution in [0, 0.1) is 0 Å². The van der Waals surface area contributed by atoms with Crippen molar-refractivity contribution in [2.45, 2.75) is 32.1 Å². The molecule has 4 rings (SSSR count). The summed E-state index contributed by atoms with van der Waals surface area (Å²) in [6.07, 6.45) is 2.34. The van der Waals surface area contributed by atoms with Crippen molar-refractivity contribution in [3.8, 4) is 0 Å². The van der Waals surface area contributed by atoms with Crippen LogP contribution in [0.15, 0.2) is 60.0 Å². The third-order valence-corrected chi connectivity index (χ3v) is 5.59. The van der Waals surface area contributed by atoms with Gasteiger partial charge in [-0.15, -0.1) is 11.3 Å². The SMILES string of the molecule is CC.c1ccc(CC2(c3ccc4sccc4c3)CCNC2)cc1. The molecule has 1 nitrogen and oxygen atoms in total. The van der Waals surface area contributed by atoms with E-state index >= 15 is 0 Å². The highest BCUT2D eigenvalue weighted by molar-refractivity contribution is 7.17. The minimum absolute atomic E-state index is 0.248. The molecule has 1 aromatic heterocycles. The number of fused-ring (bicyclic) bond motifs is 1. The molecule has 3 aromatic rings. The molecule has 1 atom stereocenters. The standard InChI is InChI=1S/C19H19NS.C2H6/c1-2-4-15(5-3-1)13-19(9-10-20-14-19)17-6-7-18-16(12-17)8-11-21-18;1-2/h1-8,11-12,20H,9-10,13-14H2;1-2H3. The number of nitrogens with one attached hydrogen (secondary N) is 1. The first-order valence-corrected chi connectivity index (χ1v) is 9.46. The quantitative estimate of drug-likeness (QED) is 0.680. The van der Waals surface area contributed by atoms with Gasteiger partial charge in [-0.05, 0) is 59.5 Å². The first kappa shape index (κ1) is 16.2. The van der Waals surface area contributed by atoms with E-state index in [0.717, 1.165) is 19.5 Å². The lowest BCUT2D eigenvalue weighted by atomic mass is 9.74. The molecule has 0 bridgehead atoms. The van der Waals surface area contributed by atoms with Crippen molar-refractivity contribution >= 4 is 21.4 Å². The maximum atomic E-state index is 3.58. The third kappa shape index (κ3) is 3.34. The largest absolute Gasteiger partial charge is 0.316 e. The molecule has 2 aromatic carbocycles. The zero-order valence-electron chi connectivity index (χ0n) is 14.0. The van der Waals surface area contributed by atoms with E-state index in [9.17, 15) is 0 Å². The van der Waals surface area contributed by atoms with Crippen LogP contribution < -0.4 is 5.32 Å². The van der Waals surface area contributed by atoms with Crippen LogP contribution in [0.5, 0.6) is 0 Å². The second-order valence-corrected chi connectivity index (χ2v) is 6.99. The van der Waals surface area contributed by atoms with Crippen LogP contribution >= 0.6 is 11.3 Å². The monoisotopic (exact) mass is 323 g/mol. The molecule has 0 amide bonds. The molecule has 1 N–H and O–H groups in total. The second-order valence-electron chi connectivity index (χ2n) is 6.04. The van der Waals surface area contributed by atoms with Gasteiger partial charge in [0.05, 0.1) is 0 Å². The summed E-state index contributed by atoms with van der Waals surface area (Å²) in [6.45, 7) is 6.20. The van der Waals surface area contributed by atoms with Gasteiger partial charge in [0.25, 0.3) is 0 Å². The number of benzene rings is 2. The van der Waals surface area contributed by atoms with Crippen molar-refractivity contribution in [1.29, 1.82) is 0 Å². The van der Waals surface area contributed by atoms with Gasteiger partial charge < -0.3 is 5.32 Å². The molecule has 1 aliphatic heterocycles. The average molecular weight is 324 g/mol. The summed E-state index contributed by atoms with van der Waals surface area (Å²) in [5.41, 5.74) is 3.17. The highest BCUT2D eigenvalue weighted by Gasteiger charge is 2.35. The van der Waals surface area contributed by atoms with Crippen LogP contribution in [-0.4, -0.2) is 13.1 Å². The van der Waals surface area contributed by atoms with E-state index in [4.69, 9.17) is 0 Å². The highest BCUT2D eigenvalue weighted by Crippen LogP contribution is 2.36. The molecule has 0 aliphatic carbocycles. The second kappa shape index (κ2) is 7.29. The summed E-state index contributed by atoms with van der Waals surface area (Å²) in [6, 6.07) is 20.2. The predicted octanol–water partition coefficient (Wildman–Crippen LogP) is 5.40. The molecule has 0 spiro atoms. The maximum absolute atomic E-state index is 3.58. The van der Waals surface area contributed by atoms with E-state index in [1.807, 2.05) is 25.2 Å². The molecule has 1 unspecified atom stereocenters. The topological polar surface area (TPSA) is 12.0 Å². The van der Waals surface area contributed by atoms with Crippen molar-refractivity contribution in [2.24, 2.45) is 0 Å². The highest BCUT2D eigenvalue weighted by atomic mass is 32.1. The molecule has 1 fully saturated rings. The van der Waals surface area contributed by atoms with Crippen molar-refractivity contribution in [2.75, 3.05) is 13.1 Å². The Labute approximate surface area is 143 Å². The van der Waals surface area contributed by atoms with Crippen molar-refractivity contribution in [1.82, 2.24) is 5.32 Å². The summed E-state index contributed by atoms with van der Waals surface area (Å²) in [5.74, 6) is 0. The van der Waals surface area contributed by atoms with Gasteiger partial charge in [0.2, 0.25) is 0 Å². The Kier molecular flexibility index (Phi) is 5.14. The van der Waals surface area contributed by atoms with Crippen LogP contribution in [0.3, 0.4) is 0 Å². The number of hydrogen-bond acceptors (Lipinski definition) is 2. The fourth-order valence-electron chi connectivity index (χ4n) is 3.53. The lowest BCUT2D eigenvalue weighted by Crippen LogP contribution is -2.31. The Bertz CT molecular complexity index is 739. The summed E-state index contributed by atoms with van der Waals surface area (Å²) in [7, 11) is 0. The van der Waals surface area contributed by atoms with E-state index < -0.39 is 0 Å². The van der Waals surface area contributed by atoms with Crippen LogP contribution in [0.25, 0.3) is 10.1 Å². The fourth-order valence-corrected chi connectivity index (χ4v) is 4.30. The summed E-state index contributed by atoms with van der Waals surface area (Å²) in [4.78, 5) is 0. The van der Waals surface area contributed by atoms with Gasteiger partial charge in [0.1, 0.15) is 0 Å². The Hall–Kier alpha value is -1.64. The van der Waals surface area contributed by atoms with Gasteiger partial charge in [0, 0.05) is 16.7 Å². The normalized spacial score (nSPS) is 20.3. The molecule has 2 heteroatoms. The van der Waals surface area contributed by atoms with Crippen molar-refractivity contribution in [3.05, 3.63) is 71.1 Å². The first-order valence-electron chi connectivity index (χ1n) is 8.58. The Morgan fingerprint density at radius 3 is 2.61 bits per heavy atom. The smallest absolute Gasteiger partial charge is 0.0342 e. The molecule has 0 radical (unpaired) electrons. The van der Waals surface area contributed by atoms with Crippen LogP contribution in [0.2, 0.25) is 0 Å². The van der Waals surface area contributed by atoms with Crippen molar-refractivity contribution in [3.63, 3.8) is 0 Å². The molecule has 0 saturated carbocycles. The van der Waals surface area contributed by atoms with Crippen LogP contribution in [0.1, 0.15) is 31.4 Å². The zero-order chi connectivity index (χ0) is 16.1. The Morgan fingerprint density at radius 2 is 1.87 bits per heavy atom. The van der Waals surface area contributed by atoms with Gasteiger partial charge in [0.15, 0.2) is 0 Å². The zero-order valence-corrected chi connectivity index (χ0v) is 14.8. The van der Waals surface area contributed by atoms with Crippen molar-refractivity contribution < 1.29 is 0 Å². The molecule has 2 heterocycles. The van der Waals surface area contributed by atoms with Gasteiger partial charge >= 0.3 is 0 Å². The average Bonchev–Trinajstić information content (AvgIpc) is 3.26. The fraction of sp³-hybridized carbons (Fsp3) is 0.333. The number of rotatable bonds is 3. The third-order valence-electron chi connectivity index (χ3n) is 4.69. The molecule has 120 valence electrons. The van der Waals surface area contributed by atoms with E-state index in [2.05, 4.69) is 65.3 Å². The Balaban J connectivity index is 0.000000753. The summed E-state index contributed by atoms with van der Waals surface area (Å²) in [5, 5.41) is 7.15. The minimum Gasteiger partial charge on any atom is -0.316 e. The minimum atomic E-state index is 0.248. The van der Waals surface area contributed by atoms with E-state index in [-0.39, 0.29) is 5.41 Å². The van der Waals surface area contributed by atoms with E-state index in [1.54, 1.807) is 0 Å². The van der Waals surface area contributed by atoms with Gasteiger partial charge in [-0.1, -0.05) is 50.2 Å². The van der Waals surface area contributed by atoms with Crippen LogP contribution in [0.4, 0.5) is 0 Å². The van der Waals surface area contributed by atoms with E-state index in [0.29, 0.717) is 0 Å². The molecular weight excluding hydrogens is 298 g/mol. The molecular formula is C21H25NS. The number of hydrogen-bond donors (Lipinski definition) is 1. The Morgan fingerprint density at radius 1 is 1.04 bits per heavy atom. The summed E-state index contributed by atoms with van der Waals surface area (Å²) >= 11 is 1.83. The summed E-state index contributed by atoms with van der Waals surface area (Å²) < 4.78 is 1.39. The lowest BCUT2D eigenvalue weighted by Gasteiger charge is -2.29. The molecule has 1 aliphatic rings. The van der Waals surface area contributed by atoms with Gasteiger partial charge in [-0.2, -0.15) is 0 Å². The van der Waals surface area contributed by atoms with Gasteiger partial charge in [-0.25, -0.2) is 0 Å². The van der Waals surface area contributed by atoms with Gasteiger partial charge in [-0.3, -0.25) is 0 Å². The van der Waals surface area contributed by atoms with Crippen LogP contribution in [-0.2, 0) is 11.8 Å². The maximum Gasteiger partial charge on any atom is 0.0342 e. The molecule has 1 saturated heterocycles. The lowest BCUT2D eigenvalue weighted by molar-refractivity contribution is 0.468. The number of thiophene rings is 1. The molecule has 23 heavy (non-hydrogen) atoms. The first-order chi connectivity index (χ1) is 11.4. The van der Waals surface area contributed by atoms with E-state index in [1.165, 1.54) is 27.6 Å². The predicted molar refractivity (Wildman–Crippen MR) is 102 cm³/mol.